The summed E-state index contributed by atoms with van der Waals surface area (Å²) in [4.78, 5) is 18.5. The Bertz CT molecular complexity index is 758. The van der Waals surface area contributed by atoms with Gasteiger partial charge in [0, 0.05) is 24.0 Å². The third-order valence-corrected chi connectivity index (χ3v) is 4.59. The van der Waals surface area contributed by atoms with Gasteiger partial charge in [-0.2, -0.15) is 0 Å². The number of ether oxygens (including phenoxy) is 1. The summed E-state index contributed by atoms with van der Waals surface area (Å²) in [6.45, 7) is 5.63. The molecular weight excluding hydrogens is 348 g/mol. The molecule has 0 bridgehead atoms. The number of nitrogens with zero attached hydrogens (tertiary/aromatic N) is 2. The van der Waals surface area contributed by atoms with Crippen molar-refractivity contribution in [2.24, 2.45) is 0 Å². The van der Waals surface area contributed by atoms with E-state index in [1.807, 2.05) is 18.7 Å². The Labute approximate surface area is 148 Å². The van der Waals surface area contributed by atoms with Gasteiger partial charge < -0.3 is 10.1 Å². The van der Waals surface area contributed by atoms with Crippen LogP contribution < -0.4 is 5.32 Å². The van der Waals surface area contributed by atoms with Gasteiger partial charge >= 0.3 is 0 Å². The van der Waals surface area contributed by atoms with E-state index in [-0.39, 0.29) is 24.7 Å². The SMILES string of the molecule is C[C@@H]1CN(CC(=O)Nc2nc(-c3ccc(F)c(F)c3)cs2)C[C@H](C)O1. The van der Waals surface area contributed by atoms with Crippen molar-refractivity contribution >= 4 is 22.4 Å². The van der Waals surface area contributed by atoms with E-state index < -0.39 is 11.6 Å². The van der Waals surface area contributed by atoms with Gasteiger partial charge in [0.25, 0.3) is 0 Å². The molecule has 1 amide bonds. The van der Waals surface area contributed by atoms with E-state index in [2.05, 4.69) is 10.3 Å². The van der Waals surface area contributed by atoms with Crippen molar-refractivity contribution in [3.63, 3.8) is 0 Å². The predicted octanol–water partition coefficient (Wildman–Crippen LogP) is 3.14. The number of carbonyl (C=O) groups is 1. The number of hydrogen-bond donors (Lipinski definition) is 1. The summed E-state index contributed by atoms with van der Waals surface area (Å²) in [5.74, 6) is -1.99. The van der Waals surface area contributed by atoms with Crippen molar-refractivity contribution in [3.8, 4) is 11.3 Å². The number of morpholine rings is 1. The maximum Gasteiger partial charge on any atom is 0.240 e. The minimum Gasteiger partial charge on any atom is -0.373 e. The molecule has 1 N–H and O–H groups in total. The highest BCUT2D eigenvalue weighted by Crippen LogP contribution is 2.26. The molecule has 0 aliphatic carbocycles. The number of rotatable bonds is 4. The second-order valence-electron chi connectivity index (χ2n) is 6.17. The molecular formula is C17H19F2N3O2S. The third-order valence-electron chi connectivity index (χ3n) is 3.83. The monoisotopic (exact) mass is 367 g/mol. The van der Waals surface area contributed by atoms with Crippen LogP contribution in [0.5, 0.6) is 0 Å². The summed E-state index contributed by atoms with van der Waals surface area (Å²) in [5, 5.41) is 4.88. The van der Waals surface area contributed by atoms with Gasteiger partial charge in [-0.15, -0.1) is 11.3 Å². The van der Waals surface area contributed by atoms with Crippen molar-refractivity contribution in [1.29, 1.82) is 0 Å². The molecule has 1 fully saturated rings. The first-order valence-electron chi connectivity index (χ1n) is 7.99. The van der Waals surface area contributed by atoms with Gasteiger partial charge in [0.15, 0.2) is 16.8 Å². The molecule has 2 atom stereocenters. The van der Waals surface area contributed by atoms with Crippen LogP contribution in [-0.4, -0.2) is 47.6 Å². The average molecular weight is 367 g/mol. The van der Waals surface area contributed by atoms with E-state index in [0.717, 1.165) is 12.1 Å². The Kier molecular flexibility index (Phi) is 5.41. The lowest BCUT2D eigenvalue weighted by Gasteiger charge is -2.34. The van der Waals surface area contributed by atoms with Crippen molar-refractivity contribution in [1.82, 2.24) is 9.88 Å². The van der Waals surface area contributed by atoms with Gasteiger partial charge in [-0.05, 0) is 32.0 Å². The molecule has 1 aromatic carbocycles. The minimum atomic E-state index is -0.924. The average Bonchev–Trinajstić information content (AvgIpc) is 2.97. The lowest BCUT2D eigenvalue weighted by molar-refractivity contribution is -0.121. The zero-order valence-electron chi connectivity index (χ0n) is 14.0. The van der Waals surface area contributed by atoms with E-state index in [0.29, 0.717) is 29.5 Å². The molecule has 1 saturated heterocycles. The largest absolute Gasteiger partial charge is 0.373 e. The zero-order chi connectivity index (χ0) is 18.0. The van der Waals surface area contributed by atoms with Crippen molar-refractivity contribution in [3.05, 3.63) is 35.2 Å². The van der Waals surface area contributed by atoms with Crippen LogP contribution in [0.25, 0.3) is 11.3 Å². The van der Waals surface area contributed by atoms with Gasteiger partial charge in [0.05, 0.1) is 24.4 Å². The number of halogens is 2. The molecule has 134 valence electrons. The summed E-state index contributed by atoms with van der Waals surface area (Å²) in [6.07, 6.45) is 0.188. The number of hydrogen-bond acceptors (Lipinski definition) is 5. The van der Waals surface area contributed by atoms with Crippen LogP contribution in [0.1, 0.15) is 13.8 Å². The highest BCUT2D eigenvalue weighted by atomic mass is 32.1. The maximum absolute atomic E-state index is 13.3. The summed E-state index contributed by atoms with van der Waals surface area (Å²) >= 11 is 1.24. The highest BCUT2D eigenvalue weighted by Gasteiger charge is 2.24. The molecule has 25 heavy (non-hydrogen) atoms. The van der Waals surface area contributed by atoms with Crippen LogP contribution in [-0.2, 0) is 9.53 Å². The van der Waals surface area contributed by atoms with Crippen molar-refractivity contribution < 1.29 is 18.3 Å². The van der Waals surface area contributed by atoms with E-state index in [4.69, 9.17) is 4.74 Å². The highest BCUT2D eigenvalue weighted by molar-refractivity contribution is 7.14. The molecule has 1 aliphatic heterocycles. The smallest absolute Gasteiger partial charge is 0.240 e. The number of thiazole rings is 1. The lowest BCUT2D eigenvalue weighted by atomic mass is 10.2. The molecule has 5 nitrogen and oxygen atoms in total. The standard InChI is InChI=1S/C17H19F2N3O2S/c1-10-6-22(7-11(2)24-10)8-16(23)21-17-20-15(9-25-17)12-3-4-13(18)14(19)5-12/h3-5,9-11H,6-8H2,1-2H3,(H,20,21,23)/t10-,11+. The van der Waals surface area contributed by atoms with Gasteiger partial charge in [0.2, 0.25) is 5.91 Å². The fourth-order valence-electron chi connectivity index (χ4n) is 2.89. The molecule has 0 radical (unpaired) electrons. The van der Waals surface area contributed by atoms with Crippen LogP contribution in [0.4, 0.5) is 13.9 Å². The first kappa shape index (κ1) is 17.9. The number of amides is 1. The molecule has 2 heterocycles. The molecule has 0 spiro atoms. The van der Waals surface area contributed by atoms with Gasteiger partial charge in [-0.25, -0.2) is 13.8 Å². The van der Waals surface area contributed by atoms with E-state index in [9.17, 15) is 13.6 Å². The van der Waals surface area contributed by atoms with Gasteiger partial charge in [-0.3, -0.25) is 9.69 Å². The molecule has 2 aromatic rings. The van der Waals surface area contributed by atoms with Gasteiger partial charge in [-0.1, -0.05) is 0 Å². The number of aromatic nitrogens is 1. The second kappa shape index (κ2) is 7.55. The van der Waals surface area contributed by atoms with Crippen LogP contribution in [0.15, 0.2) is 23.6 Å². The molecule has 8 heteroatoms. The fourth-order valence-corrected chi connectivity index (χ4v) is 3.63. The van der Waals surface area contributed by atoms with E-state index in [1.165, 1.54) is 17.4 Å². The first-order valence-corrected chi connectivity index (χ1v) is 8.87. The minimum absolute atomic E-state index is 0.0939. The summed E-state index contributed by atoms with van der Waals surface area (Å²) < 4.78 is 32.0. The van der Waals surface area contributed by atoms with Crippen LogP contribution >= 0.6 is 11.3 Å². The Hall–Kier alpha value is -1.90. The molecule has 0 unspecified atom stereocenters. The Morgan fingerprint density at radius 1 is 1.32 bits per heavy atom. The Morgan fingerprint density at radius 3 is 2.72 bits per heavy atom. The van der Waals surface area contributed by atoms with Gasteiger partial charge in [0.1, 0.15) is 0 Å². The Morgan fingerprint density at radius 2 is 2.04 bits per heavy atom. The summed E-state index contributed by atoms with van der Waals surface area (Å²) in [5.41, 5.74) is 0.958. The summed E-state index contributed by atoms with van der Waals surface area (Å²) in [6, 6.07) is 3.60. The van der Waals surface area contributed by atoms with Crippen molar-refractivity contribution in [2.75, 3.05) is 25.0 Å². The number of benzene rings is 1. The quantitative estimate of drug-likeness (QED) is 0.902. The molecule has 1 aliphatic rings. The van der Waals surface area contributed by atoms with Crippen LogP contribution in [0.3, 0.4) is 0 Å². The second-order valence-corrected chi connectivity index (χ2v) is 7.02. The molecule has 0 saturated carbocycles. The summed E-state index contributed by atoms with van der Waals surface area (Å²) in [7, 11) is 0. The lowest BCUT2D eigenvalue weighted by Crippen LogP contribution is -2.48. The molecule has 3 rings (SSSR count). The topological polar surface area (TPSA) is 54.5 Å². The van der Waals surface area contributed by atoms with E-state index in [1.54, 1.807) is 5.38 Å². The Balaban J connectivity index is 1.61. The van der Waals surface area contributed by atoms with E-state index >= 15 is 0 Å². The van der Waals surface area contributed by atoms with Crippen LogP contribution in [0.2, 0.25) is 0 Å². The molecule has 1 aromatic heterocycles. The predicted molar refractivity (Wildman–Crippen MR) is 92.5 cm³/mol. The number of anilines is 1. The first-order chi connectivity index (χ1) is 11.9. The van der Waals surface area contributed by atoms with Crippen molar-refractivity contribution in [2.45, 2.75) is 26.1 Å². The van der Waals surface area contributed by atoms with Crippen LogP contribution in [0, 0.1) is 11.6 Å². The zero-order valence-corrected chi connectivity index (χ0v) is 14.8. The fraction of sp³-hybridized carbons (Fsp3) is 0.412. The third kappa shape index (κ3) is 4.59. The normalized spacial score (nSPS) is 21.3. The number of nitrogens with one attached hydrogen (secondary N) is 1. The maximum atomic E-state index is 13.3. The number of carbonyl (C=O) groups excluding carboxylic acids is 1.